The molecule has 1 fully saturated rings. The molecule has 1 atom stereocenters. The summed E-state index contributed by atoms with van der Waals surface area (Å²) in [5, 5.41) is 0.810. The maximum absolute atomic E-state index is 12.7. The van der Waals surface area contributed by atoms with E-state index < -0.39 is 0 Å². The number of likely N-dealkylation sites (tertiary alicyclic amines) is 1. The third-order valence-electron chi connectivity index (χ3n) is 5.71. The molecule has 0 amide bonds. The fourth-order valence-corrected chi connectivity index (χ4v) is 5.58. The first-order valence-electron chi connectivity index (χ1n) is 9.38. The summed E-state index contributed by atoms with van der Waals surface area (Å²) < 4.78 is 4.84. The molecule has 140 valence electrons. The Bertz CT molecular complexity index is 880. The maximum atomic E-state index is 12.7. The highest BCUT2D eigenvalue weighted by Gasteiger charge is 2.27. The molecular formula is C19H25N3O3S. The summed E-state index contributed by atoms with van der Waals surface area (Å²) in [6.45, 7) is 4.53. The van der Waals surface area contributed by atoms with E-state index in [1.54, 1.807) is 11.3 Å². The maximum Gasteiger partial charge on any atom is 0.308 e. The van der Waals surface area contributed by atoms with Crippen LogP contribution < -0.4 is 5.56 Å². The number of nitrogens with zero attached hydrogens (tertiary/aromatic N) is 2. The van der Waals surface area contributed by atoms with Crippen LogP contribution in [0.5, 0.6) is 0 Å². The van der Waals surface area contributed by atoms with E-state index in [9.17, 15) is 9.59 Å². The van der Waals surface area contributed by atoms with Gasteiger partial charge in [-0.3, -0.25) is 14.5 Å². The van der Waals surface area contributed by atoms with Crippen LogP contribution in [0.15, 0.2) is 4.79 Å². The third-order valence-corrected chi connectivity index (χ3v) is 6.86. The van der Waals surface area contributed by atoms with Crippen molar-refractivity contribution in [2.24, 2.45) is 11.8 Å². The summed E-state index contributed by atoms with van der Waals surface area (Å²) in [6, 6.07) is 0. The van der Waals surface area contributed by atoms with Crippen LogP contribution in [0.2, 0.25) is 0 Å². The van der Waals surface area contributed by atoms with Crippen molar-refractivity contribution in [3.63, 3.8) is 0 Å². The number of aromatic amines is 1. The van der Waals surface area contributed by atoms with Crippen LogP contribution in [0.4, 0.5) is 0 Å². The summed E-state index contributed by atoms with van der Waals surface area (Å²) in [6.07, 6.45) is 4.79. The molecular weight excluding hydrogens is 350 g/mol. The van der Waals surface area contributed by atoms with Gasteiger partial charge in [0.1, 0.15) is 10.7 Å². The molecule has 1 N–H and O–H groups in total. The number of esters is 1. The zero-order valence-corrected chi connectivity index (χ0v) is 16.2. The van der Waals surface area contributed by atoms with E-state index >= 15 is 0 Å². The Morgan fingerprint density at radius 1 is 1.35 bits per heavy atom. The highest BCUT2D eigenvalue weighted by atomic mass is 32.1. The molecule has 0 bridgehead atoms. The van der Waals surface area contributed by atoms with Crippen LogP contribution in [0.25, 0.3) is 10.2 Å². The first-order valence-corrected chi connectivity index (χ1v) is 10.2. The van der Waals surface area contributed by atoms with Gasteiger partial charge in [-0.1, -0.05) is 6.92 Å². The predicted octanol–water partition coefficient (Wildman–Crippen LogP) is 2.49. The van der Waals surface area contributed by atoms with Crippen molar-refractivity contribution in [3.8, 4) is 0 Å². The monoisotopic (exact) mass is 375 g/mol. The number of methoxy groups -OCH3 is 1. The number of aryl methyl sites for hydroxylation is 1. The fourth-order valence-electron chi connectivity index (χ4n) is 4.17. The van der Waals surface area contributed by atoms with Crippen molar-refractivity contribution in [2.75, 3.05) is 20.2 Å². The lowest BCUT2D eigenvalue weighted by atomic mass is 9.89. The minimum absolute atomic E-state index is 0.00139. The van der Waals surface area contributed by atoms with Gasteiger partial charge in [0.05, 0.1) is 25.0 Å². The second-order valence-electron chi connectivity index (χ2n) is 7.62. The lowest BCUT2D eigenvalue weighted by Gasteiger charge is -2.30. The van der Waals surface area contributed by atoms with Gasteiger partial charge in [-0.15, -0.1) is 11.3 Å². The van der Waals surface area contributed by atoms with Crippen molar-refractivity contribution in [1.82, 2.24) is 14.9 Å². The van der Waals surface area contributed by atoms with Crippen LogP contribution in [0.1, 0.15) is 42.5 Å². The molecule has 0 spiro atoms. The zero-order chi connectivity index (χ0) is 18.3. The lowest BCUT2D eigenvalue weighted by Crippen LogP contribution is -2.37. The first-order chi connectivity index (χ1) is 12.5. The van der Waals surface area contributed by atoms with Gasteiger partial charge in [-0.2, -0.15) is 0 Å². The molecule has 6 nitrogen and oxygen atoms in total. The van der Waals surface area contributed by atoms with Gasteiger partial charge in [-0.25, -0.2) is 4.98 Å². The predicted molar refractivity (Wildman–Crippen MR) is 101 cm³/mol. The lowest BCUT2D eigenvalue weighted by molar-refractivity contribution is -0.147. The number of rotatable bonds is 3. The van der Waals surface area contributed by atoms with Crippen molar-refractivity contribution < 1.29 is 9.53 Å². The fraction of sp³-hybridized carbons (Fsp3) is 0.632. The van der Waals surface area contributed by atoms with Crippen LogP contribution in [-0.4, -0.2) is 41.0 Å². The Morgan fingerprint density at radius 2 is 2.12 bits per heavy atom. The second kappa shape index (κ2) is 7.12. The van der Waals surface area contributed by atoms with Gasteiger partial charge in [0.2, 0.25) is 0 Å². The summed E-state index contributed by atoms with van der Waals surface area (Å²) in [7, 11) is 1.44. The van der Waals surface area contributed by atoms with E-state index in [0.29, 0.717) is 12.5 Å². The molecule has 2 aromatic heterocycles. The summed E-state index contributed by atoms with van der Waals surface area (Å²) >= 11 is 1.69. The molecule has 2 aromatic rings. The Kier molecular flexibility index (Phi) is 4.84. The van der Waals surface area contributed by atoms with E-state index in [-0.39, 0.29) is 17.4 Å². The molecule has 0 unspecified atom stereocenters. The number of aromatic nitrogens is 2. The van der Waals surface area contributed by atoms with Crippen LogP contribution in [0, 0.1) is 11.8 Å². The standard InChI is InChI=1S/C19H25N3O3S/c1-11-3-4-13-14(9-11)26-18-16(13)17(23)20-15(21-18)10-22-7-5-12(6-8-22)19(24)25-2/h11-12H,3-10H2,1-2H3,(H,20,21,23)/t11-/m0/s1. The Hall–Kier alpha value is -1.73. The summed E-state index contributed by atoms with van der Waals surface area (Å²) in [5.74, 6) is 1.30. The number of carbonyl (C=O) groups excluding carboxylic acids is 1. The van der Waals surface area contributed by atoms with E-state index in [4.69, 9.17) is 9.72 Å². The van der Waals surface area contributed by atoms with Gasteiger partial charge >= 0.3 is 5.97 Å². The molecule has 0 radical (unpaired) electrons. The summed E-state index contributed by atoms with van der Waals surface area (Å²) in [4.78, 5) is 36.5. The van der Waals surface area contributed by atoms with Crippen molar-refractivity contribution in [2.45, 2.75) is 45.6 Å². The molecule has 7 heteroatoms. The third kappa shape index (κ3) is 3.30. The van der Waals surface area contributed by atoms with Crippen LogP contribution in [0.3, 0.4) is 0 Å². The quantitative estimate of drug-likeness (QED) is 0.834. The average Bonchev–Trinajstić information content (AvgIpc) is 2.99. The van der Waals surface area contributed by atoms with Gasteiger partial charge in [0, 0.05) is 4.88 Å². The minimum atomic E-state index is -0.115. The number of hydrogen-bond donors (Lipinski definition) is 1. The molecule has 1 aliphatic heterocycles. The first kappa shape index (κ1) is 17.7. The number of thiophene rings is 1. The Balaban J connectivity index is 1.52. The van der Waals surface area contributed by atoms with Gasteiger partial charge in [-0.05, 0) is 56.7 Å². The smallest absolute Gasteiger partial charge is 0.308 e. The summed E-state index contributed by atoms with van der Waals surface area (Å²) in [5.41, 5.74) is 1.23. The van der Waals surface area contributed by atoms with Crippen LogP contribution >= 0.6 is 11.3 Å². The second-order valence-corrected chi connectivity index (χ2v) is 8.70. The number of piperidine rings is 1. The SMILES string of the molecule is COC(=O)C1CCN(Cc2nc3sc4c(c3c(=O)[nH]2)CC[C@H](C)C4)CC1. The average molecular weight is 375 g/mol. The molecule has 1 aliphatic carbocycles. The van der Waals surface area contributed by atoms with Gasteiger partial charge in [0.25, 0.3) is 5.56 Å². The number of ether oxygens (including phenoxy) is 1. The van der Waals surface area contributed by atoms with Gasteiger partial charge in [0.15, 0.2) is 0 Å². The molecule has 2 aliphatic rings. The Morgan fingerprint density at radius 3 is 2.85 bits per heavy atom. The van der Waals surface area contributed by atoms with Gasteiger partial charge < -0.3 is 9.72 Å². The molecule has 1 saturated heterocycles. The van der Waals surface area contributed by atoms with E-state index in [2.05, 4.69) is 16.8 Å². The molecule has 4 rings (SSSR count). The number of fused-ring (bicyclic) bond motifs is 3. The zero-order valence-electron chi connectivity index (χ0n) is 15.3. The highest BCUT2D eigenvalue weighted by molar-refractivity contribution is 7.18. The number of H-pyrrole nitrogens is 1. The molecule has 3 heterocycles. The number of hydrogen-bond acceptors (Lipinski definition) is 6. The van der Waals surface area contributed by atoms with Crippen molar-refractivity contribution >= 4 is 27.5 Å². The van der Waals surface area contributed by atoms with Crippen molar-refractivity contribution in [3.05, 3.63) is 26.6 Å². The highest BCUT2D eigenvalue weighted by Crippen LogP contribution is 2.35. The van der Waals surface area contributed by atoms with E-state index in [0.717, 1.165) is 61.2 Å². The topological polar surface area (TPSA) is 75.3 Å². The van der Waals surface area contributed by atoms with Crippen molar-refractivity contribution in [1.29, 1.82) is 0 Å². The number of carbonyl (C=O) groups is 1. The molecule has 0 aromatic carbocycles. The van der Waals surface area contributed by atoms with Crippen LogP contribution in [-0.2, 0) is 28.9 Å². The number of nitrogens with one attached hydrogen (secondary N) is 1. The van der Waals surface area contributed by atoms with E-state index in [1.165, 1.54) is 17.6 Å². The van der Waals surface area contributed by atoms with E-state index in [1.807, 2.05) is 0 Å². The molecule has 26 heavy (non-hydrogen) atoms. The minimum Gasteiger partial charge on any atom is -0.469 e. The largest absolute Gasteiger partial charge is 0.469 e. The Labute approximate surface area is 156 Å². The molecule has 0 saturated carbocycles. The normalized spacial score (nSPS) is 21.7.